The number of anilines is 2. The van der Waals surface area contributed by atoms with Crippen molar-refractivity contribution >= 4 is 38.3 Å². The van der Waals surface area contributed by atoms with Crippen LogP contribution in [-0.4, -0.2) is 55.9 Å². The molecule has 3 heterocycles. The van der Waals surface area contributed by atoms with Gasteiger partial charge in [-0.25, -0.2) is 4.98 Å². The molecular formula is C17H22N4O3S. The summed E-state index contributed by atoms with van der Waals surface area (Å²) in [7, 11) is 0. The minimum absolute atomic E-state index is 0.00388. The molecule has 0 bridgehead atoms. The largest absolute Gasteiger partial charge is 0.378 e. The number of fused-ring (bicyclic) bond motifs is 1. The number of thiazole rings is 1. The maximum absolute atomic E-state index is 12.4. The smallest absolute Gasteiger partial charge is 0.253 e. The number of rotatable bonds is 4. The van der Waals surface area contributed by atoms with Crippen LogP contribution in [0.1, 0.15) is 12.8 Å². The molecule has 134 valence electrons. The molecule has 2 aliphatic rings. The Labute approximate surface area is 150 Å². The lowest BCUT2D eigenvalue weighted by Gasteiger charge is -2.25. The highest BCUT2D eigenvalue weighted by molar-refractivity contribution is 7.22. The van der Waals surface area contributed by atoms with Gasteiger partial charge < -0.3 is 25.4 Å². The van der Waals surface area contributed by atoms with E-state index in [2.05, 4.69) is 10.2 Å². The van der Waals surface area contributed by atoms with Crippen molar-refractivity contribution in [2.24, 2.45) is 5.73 Å². The van der Waals surface area contributed by atoms with E-state index in [0.29, 0.717) is 6.54 Å². The van der Waals surface area contributed by atoms with Gasteiger partial charge in [-0.3, -0.25) is 4.79 Å². The molecule has 0 unspecified atom stereocenters. The monoisotopic (exact) mass is 362 g/mol. The fourth-order valence-electron chi connectivity index (χ4n) is 3.17. The van der Waals surface area contributed by atoms with Crippen LogP contribution in [0.2, 0.25) is 0 Å². The summed E-state index contributed by atoms with van der Waals surface area (Å²) in [6.07, 6.45) is 1.15. The van der Waals surface area contributed by atoms with Crippen LogP contribution in [0.15, 0.2) is 18.2 Å². The van der Waals surface area contributed by atoms with Gasteiger partial charge in [0.15, 0.2) is 5.13 Å². The first-order chi connectivity index (χ1) is 12.2. The number of hydrogen-bond acceptors (Lipinski definition) is 7. The number of nitrogens with one attached hydrogen (secondary N) is 1. The van der Waals surface area contributed by atoms with E-state index in [1.165, 1.54) is 0 Å². The first kappa shape index (κ1) is 16.7. The molecule has 0 aliphatic carbocycles. The maximum Gasteiger partial charge on any atom is 0.253 e. The van der Waals surface area contributed by atoms with Crippen LogP contribution in [0.5, 0.6) is 0 Å². The number of nitrogens with two attached hydrogens (primary N) is 1. The highest BCUT2D eigenvalue weighted by Crippen LogP contribution is 2.31. The van der Waals surface area contributed by atoms with Crippen LogP contribution in [-0.2, 0) is 14.3 Å². The van der Waals surface area contributed by atoms with Crippen LogP contribution < -0.4 is 16.0 Å². The van der Waals surface area contributed by atoms with Gasteiger partial charge in [-0.1, -0.05) is 11.3 Å². The first-order valence-corrected chi connectivity index (χ1v) is 9.44. The quantitative estimate of drug-likeness (QED) is 0.858. The molecule has 4 rings (SSSR count). The zero-order valence-electron chi connectivity index (χ0n) is 13.9. The molecule has 0 radical (unpaired) electrons. The minimum atomic E-state index is -0.408. The topological polar surface area (TPSA) is 89.7 Å². The van der Waals surface area contributed by atoms with Crippen molar-refractivity contribution in [3.63, 3.8) is 0 Å². The Balaban J connectivity index is 1.46. The van der Waals surface area contributed by atoms with E-state index >= 15 is 0 Å². The summed E-state index contributed by atoms with van der Waals surface area (Å²) in [5.41, 5.74) is 7.32. The molecule has 2 aliphatic heterocycles. The third kappa shape index (κ3) is 3.62. The zero-order chi connectivity index (χ0) is 17.2. The van der Waals surface area contributed by atoms with Gasteiger partial charge in [-0.05, 0) is 31.0 Å². The van der Waals surface area contributed by atoms with Crippen LogP contribution in [0.4, 0.5) is 10.8 Å². The molecule has 1 aromatic heterocycles. The lowest BCUT2D eigenvalue weighted by atomic mass is 10.2. The molecule has 0 saturated carbocycles. The van der Waals surface area contributed by atoms with E-state index < -0.39 is 6.10 Å². The molecule has 2 atom stereocenters. The van der Waals surface area contributed by atoms with Gasteiger partial charge in [0.05, 0.1) is 29.5 Å². The lowest BCUT2D eigenvalue weighted by Crippen LogP contribution is -2.36. The number of benzene rings is 1. The normalized spacial score (nSPS) is 24.0. The van der Waals surface area contributed by atoms with E-state index in [4.69, 9.17) is 20.2 Å². The fraction of sp³-hybridized carbons (Fsp3) is 0.529. The van der Waals surface area contributed by atoms with Crippen LogP contribution in [0, 0.1) is 0 Å². The van der Waals surface area contributed by atoms with Crippen LogP contribution in [0.25, 0.3) is 10.2 Å². The molecule has 2 aromatic rings. The van der Waals surface area contributed by atoms with E-state index in [1.54, 1.807) is 11.3 Å². The number of amides is 1. The lowest BCUT2D eigenvalue weighted by molar-refractivity contribution is -0.126. The SMILES string of the molecule is NC[C@H]1CC[C@@H](C(=O)Nc2ccc3nc(N4CCOCC4)sc3c2)O1. The Morgan fingerprint density at radius 2 is 2.20 bits per heavy atom. The van der Waals surface area contributed by atoms with E-state index in [-0.39, 0.29) is 12.0 Å². The Morgan fingerprint density at radius 1 is 1.36 bits per heavy atom. The van der Waals surface area contributed by atoms with E-state index in [9.17, 15) is 4.79 Å². The number of nitrogens with zero attached hydrogens (tertiary/aromatic N) is 2. The Bertz CT molecular complexity index is 759. The second-order valence-electron chi connectivity index (χ2n) is 6.33. The minimum Gasteiger partial charge on any atom is -0.378 e. The van der Waals surface area contributed by atoms with Crippen molar-refractivity contribution in [1.82, 2.24) is 4.98 Å². The van der Waals surface area contributed by atoms with Gasteiger partial charge in [-0.15, -0.1) is 0 Å². The zero-order valence-corrected chi connectivity index (χ0v) is 14.8. The van der Waals surface area contributed by atoms with Crippen LogP contribution in [0.3, 0.4) is 0 Å². The summed E-state index contributed by atoms with van der Waals surface area (Å²) >= 11 is 1.64. The maximum atomic E-state index is 12.4. The number of carbonyl (C=O) groups is 1. The first-order valence-electron chi connectivity index (χ1n) is 8.62. The molecule has 0 spiro atoms. The van der Waals surface area contributed by atoms with E-state index in [0.717, 1.165) is 60.2 Å². The molecule has 3 N–H and O–H groups in total. The summed E-state index contributed by atoms with van der Waals surface area (Å²) in [5, 5.41) is 3.96. The predicted molar refractivity (Wildman–Crippen MR) is 98.2 cm³/mol. The van der Waals surface area contributed by atoms with Crippen LogP contribution >= 0.6 is 11.3 Å². The van der Waals surface area contributed by atoms with Gasteiger partial charge in [0.2, 0.25) is 0 Å². The Kier molecular flexibility index (Phi) is 4.85. The number of carbonyl (C=O) groups excluding carboxylic acids is 1. The Hall–Kier alpha value is -1.74. The van der Waals surface area contributed by atoms with Crippen molar-refractivity contribution in [2.75, 3.05) is 43.1 Å². The number of morpholine rings is 1. The van der Waals surface area contributed by atoms with Gasteiger partial charge in [0.1, 0.15) is 6.10 Å². The van der Waals surface area contributed by atoms with Crippen molar-refractivity contribution in [3.8, 4) is 0 Å². The second kappa shape index (κ2) is 7.25. The third-order valence-electron chi connectivity index (χ3n) is 4.59. The van der Waals surface area contributed by atoms with Gasteiger partial charge in [0, 0.05) is 25.3 Å². The Morgan fingerprint density at radius 3 is 2.96 bits per heavy atom. The second-order valence-corrected chi connectivity index (χ2v) is 7.34. The van der Waals surface area contributed by atoms with Gasteiger partial charge >= 0.3 is 0 Å². The predicted octanol–water partition coefficient (Wildman–Crippen LogP) is 1.58. The summed E-state index contributed by atoms with van der Waals surface area (Å²) in [6.45, 7) is 3.67. The van der Waals surface area contributed by atoms with Crippen molar-refractivity contribution in [1.29, 1.82) is 0 Å². The number of aromatic nitrogens is 1. The number of ether oxygens (including phenoxy) is 2. The molecule has 25 heavy (non-hydrogen) atoms. The van der Waals surface area contributed by atoms with Gasteiger partial charge in [0.25, 0.3) is 5.91 Å². The molecule has 7 nitrogen and oxygen atoms in total. The molecule has 1 aromatic carbocycles. The van der Waals surface area contributed by atoms with Gasteiger partial charge in [-0.2, -0.15) is 0 Å². The van der Waals surface area contributed by atoms with Crippen molar-refractivity contribution in [3.05, 3.63) is 18.2 Å². The van der Waals surface area contributed by atoms with Crippen molar-refractivity contribution in [2.45, 2.75) is 25.0 Å². The molecule has 8 heteroatoms. The summed E-state index contributed by atoms with van der Waals surface area (Å²) in [6, 6.07) is 5.81. The molecule has 1 amide bonds. The summed E-state index contributed by atoms with van der Waals surface area (Å²) < 4.78 is 12.1. The summed E-state index contributed by atoms with van der Waals surface area (Å²) in [4.78, 5) is 19.3. The van der Waals surface area contributed by atoms with Crippen molar-refractivity contribution < 1.29 is 14.3 Å². The van der Waals surface area contributed by atoms with E-state index in [1.807, 2.05) is 18.2 Å². The fourth-order valence-corrected chi connectivity index (χ4v) is 4.23. The highest BCUT2D eigenvalue weighted by atomic mass is 32.1. The number of hydrogen-bond donors (Lipinski definition) is 2. The standard InChI is InChI=1S/C17H22N4O3S/c18-10-12-2-4-14(24-12)16(22)19-11-1-3-13-15(9-11)25-17(20-13)21-5-7-23-8-6-21/h1,3,9,12,14H,2,4-8,10,18H2,(H,19,22)/t12-,14+/m1/s1. The third-order valence-corrected chi connectivity index (χ3v) is 5.67. The molecular weight excluding hydrogens is 340 g/mol. The summed E-state index contributed by atoms with van der Waals surface area (Å²) in [5.74, 6) is -0.104. The molecule has 2 fully saturated rings. The molecule has 2 saturated heterocycles. The average molecular weight is 362 g/mol. The highest BCUT2D eigenvalue weighted by Gasteiger charge is 2.29. The average Bonchev–Trinajstić information content (AvgIpc) is 3.29.